The molecule has 0 spiro atoms. The molecule has 6 heteroatoms. The van der Waals surface area contributed by atoms with Gasteiger partial charge in [-0.25, -0.2) is 4.39 Å². The van der Waals surface area contributed by atoms with Crippen LogP contribution in [0.25, 0.3) is 11.4 Å². The van der Waals surface area contributed by atoms with Crippen LogP contribution >= 0.6 is 15.9 Å². The normalized spacial score (nSPS) is 10.5. The lowest BCUT2D eigenvalue weighted by Crippen LogP contribution is -1.99. The van der Waals surface area contributed by atoms with Gasteiger partial charge >= 0.3 is 6.01 Å². The van der Waals surface area contributed by atoms with E-state index < -0.39 is 0 Å². The molecule has 90 valence electrons. The molecule has 0 aliphatic carbocycles. The smallest absolute Gasteiger partial charge is 0.321 e. The van der Waals surface area contributed by atoms with Crippen molar-refractivity contribution < 1.29 is 8.91 Å². The second-order valence-corrected chi connectivity index (χ2v) is 4.33. The zero-order valence-electron chi connectivity index (χ0n) is 9.20. The first-order valence-electron chi connectivity index (χ1n) is 5.23. The fraction of sp³-hybridized carbons (Fsp3) is 0.273. The number of nitrogens with zero attached hydrogens (tertiary/aromatic N) is 2. The lowest BCUT2D eigenvalue weighted by molar-refractivity contribution is 0.432. The van der Waals surface area contributed by atoms with Crippen molar-refractivity contribution in [3.05, 3.63) is 28.5 Å². The van der Waals surface area contributed by atoms with Gasteiger partial charge in [0.1, 0.15) is 5.82 Å². The number of aromatic nitrogens is 2. The maximum Gasteiger partial charge on any atom is 0.321 e. The van der Waals surface area contributed by atoms with E-state index in [1.807, 2.05) is 6.92 Å². The number of hydrogen-bond donors (Lipinski definition) is 1. The summed E-state index contributed by atoms with van der Waals surface area (Å²) in [6, 6.07) is 4.95. The maximum absolute atomic E-state index is 13.1. The summed E-state index contributed by atoms with van der Waals surface area (Å²) in [7, 11) is 0. The molecule has 17 heavy (non-hydrogen) atoms. The first kappa shape index (κ1) is 12.0. The molecule has 4 nitrogen and oxygen atoms in total. The number of benzene rings is 1. The van der Waals surface area contributed by atoms with Gasteiger partial charge < -0.3 is 9.84 Å². The minimum Gasteiger partial charge on any atom is -0.338 e. The Balaban J connectivity index is 2.21. The average Bonchev–Trinajstić information content (AvgIpc) is 2.79. The molecule has 1 heterocycles. The average molecular weight is 300 g/mol. The first-order chi connectivity index (χ1) is 8.20. The molecule has 0 amide bonds. The summed E-state index contributed by atoms with van der Waals surface area (Å²) in [5, 5.41) is 6.80. The third kappa shape index (κ3) is 2.82. The molecule has 1 aromatic carbocycles. The summed E-state index contributed by atoms with van der Waals surface area (Å²) in [4.78, 5) is 4.16. The Morgan fingerprint density at radius 2 is 2.29 bits per heavy atom. The van der Waals surface area contributed by atoms with Crippen molar-refractivity contribution in [2.24, 2.45) is 0 Å². The second kappa shape index (κ2) is 5.27. The molecular weight excluding hydrogens is 289 g/mol. The van der Waals surface area contributed by atoms with E-state index in [-0.39, 0.29) is 5.82 Å². The van der Waals surface area contributed by atoms with Crippen LogP contribution in [0.4, 0.5) is 10.4 Å². The topological polar surface area (TPSA) is 51.0 Å². The van der Waals surface area contributed by atoms with Gasteiger partial charge in [0.15, 0.2) is 0 Å². The lowest BCUT2D eigenvalue weighted by atomic mass is 10.2. The minimum atomic E-state index is -0.318. The second-order valence-electron chi connectivity index (χ2n) is 3.48. The van der Waals surface area contributed by atoms with Crippen LogP contribution in [0.5, 0.6) is 0 Å². The van der Waals surface area contributed by atoms with Crippen molar-refractivity contribution in [2.75, 3.05) is 11.9 Å². The molecule has 0 aliphatic rings. The Morgan fingerprint density at radius 3 is 3.00 bits per heavy atom. The Labute approximate surface area is 106 Å². The monoisotopic (exact) mass is 299 g/mol. The van der Waals surface area contributed by atoms with E-state index in [4.69, 9.17) is 4.52 Å². The molecule has 2 rings (SSSR count). The zero-order chi connectivity index (χ0) is 12.3. The highest BCUT2D eigenvalue weighted by atomic mass is 79.9. The van der Waals surface area contributed by atoms with Gasteiger partial charge in [0, 0.05) is 12.1 Å². The van der Waals surface area contributed by atoms with Gasteiger partial charge in [-0.2, -0.15) is 4.98 Å². The quantitative estimate of drug-likeness (QED) is 0.939. The van der Waals surface area contributed by atoms with E-state index in [1.165, 1.54) is 6.07 Å². The van der Waals surface area contributed by atoms with Gasteiger partial charge in [0.2, 0.25) is 5.82 Å². The molecule has 0 saturated heterocycles. The van der Waals surface area contributed by atoms with Crippen LogP contribution in [0, 0.1) is 5.82 Å². The molecular formula is C11H11BrFN3O. The molecule has 1 N–H and O–H groups in total. The van der Waals surface area contributed by atoms with Gasteiger partial charge in [-0.15, -0.1) is 0 Å². The van der Waals surface area contributed by atoms with Crippen LogP contribution in [0.3, 0.4) is 0 Å². The largest absolute Gasteiger partial charge is 0.338 e. The third-order valence-electron chi connectivity index (χ3n) is 2.13. The van der Waals surface area contributed by atoms with E-state index >= 15 is 0 Å². The number of hydrogen-bond acceptors (Lipinski definition) is 4. The van der Waals surface area contributed by atoms with Gasteiger partial charge in [-0.1, -0.05) is 12.1 Å². The first-order valence-corrected chi connectivity index (χ1v) is 6.03. The van der Waals surface area contributed by atoms with Crippen LogP contribution in [-0.2, 0) is 0 Å². The fourth-order valence-corrected chi connectivity index (χ4v) is 1.66. The van der Waals surface area contributed by atoms with Crippen molar-refractivity contribution in [2.45, 2.75) is 13.3 Å². The zero-order valence-corrected chi connectivity index (χ0v) is 10.8. The fourth-order valence-electron chi connectivity index (χ4n) is 1.28. The molecule has 0 saturated carbocycles. The molecule has 2 aromatic rings. The van der Waals surface area contributed by atoms with Crippen molar-refractivity contribution in [3.63, 3.8) is 0 Å². The molecule has 0 aliphatic heterocycles. The Morgan fingerprint density at radius 1 is 1.47 bits per heavy atom. The predicted octanol–water partition coefficient (Wildman–Crippen LogP) is 3.46. The highest BCUT2D eigenvalue weighted by Gasteiger charge is 2.09. The summed E-state index contributed by atoms with van der Waals surface area (Å²) in [6.45, 7) is 2.82. The highest BCUT2D eigenvalue weighted by molar-refractivity contribution is 9.10. The van der Waals surface area contributed by atoms with Crippen LogP contribution in [0.2, 0.25) is 0 Å². The van der Waals surface area contributed by atoms with Crippen LogP contribution in [0.1, 0.15) is 13.3 Å². The molecule has 1 aromatic heterocycles. The highest BCUT2D eigenvalue weighted by Crippen LogP contribution is 2.23. The number of halogens is 2. The van der Waals surface area contributed by atoms with E-state index in [2.05, 4.69) is 31.4 Å². The summed E-state index contributed by atoms with van der Waals surface area (Å²) >= 11 is 3.12. The van der Waals surface area contributed by atoms with Crippen molar-refractivity contribution in [1.29, 1.82) is 0 Å². The van der Waals surface area contributed by atoms with E-state index in [0.29, 0.717) is 21.9 Å². The third-order valence-corrected chi connectivity index (χ3v) is 2.74. The molecule has 0 fully saturated rings. The Kier molecular flexibility index (Phi) is 3.73. The summed E-state index contributed by atoms with van der Waals surface area (Å²) < 4.78 is 18.5. The number of rotatable bonds is 4. The Hall–Kier alpha value is -1.43. The van der Waals surface area contributed by atoms with Crippen molar-refractivity contribution in [3.8, 4) is 11.4 Å². The summed E-state index contributed by atoms with van der Waals surface area (Å²) in [5.41, 5.74) is 0.701. The van der Waals surface area contributed by atoms with Gasteiger partial charge in [0.05, 0.1) is 4.47 Å². The van der Waals surface area contributed by atoms with Crippen molar-refractivity contribution in [1.82, 2.24) is 10.1 Å². The number of anilines is 1. The van der Waals surface area contributed by atoms with Gasteiger partial charge in [0.25, 0.3) is 0 Å². The number of nitrogens with one attached hydrogen (secondary N) is 1. The van der Waals surface area contributed by atoms with Crippen LogP contribution in [0.15, 0.2) is 27.2 Å². The molecule has 0 unspecified atom stereocenters. The minimum absolute atomic E-state index is 0.318. The van der Waals surface area contributed by atoms with E-state index in [0.717, 1.165) is 13.0 Å². The van der Waals surface area contributed by atoms with E-state index in [1.54, 1.807) is 12.1 Å². The Bertz CT molecular complexity index is 515. The summed E-state index contributed by atoms with van der Waals surface area (Å²) in [6.07, 6.45) is 0.972. The van der Waals surface area contributed by atoms with Crippen LogP contribution in [-0.4, -0.2) is 16.7 Å². The predicted molar refractivity (Wildman–Crippen MR) is 66.2 cm³/mol. The SMILES string of the molecule is CCCNc1nc(-c2ccc(F)c(Br)c2)no1. The summed E-state index contributed by atoms with van der Waals surface area (Å²) in [5.74, 6) is 0.117. The van der Waals surface area contributed by atoms with Gasteiger partial charge in [-0.05, 0) is 40.5 Å². The lowest BCUT2D eigenvalue weighted by Gasteiger charge is -1.97. The van der Waals surface area contributed by atoms with Gasteiger partial charge in [-0.3, -0.25) is 0 Å². The molecule has 0 bridgehead atoms. The molecule has 0 radical (unpaired) electrons. The standard InChI is InChI=1S/C11H11BrFN3O/c1-2-5-14-11-15-10(16-17-11)7-3-4-9(13)8(12)6-7/h3-4,6H,2,5H2,1H3,(H,14,15,16). The maximum atomic E-state index is 13.1. The van der Waals surface area contributed by atoms with Crippen molar-refractivity contribution >= 4 is 21.9 Å². The van der Waals surface area contributed by atoms with E-state index in [9.17, 15) is 4.39 Å². The van der Waals surface area contributed by atoms with Crippen LogP contribution < -0.4 is 5.32 Å². The molecule has 0 atom stereocenters.